The molecule has 24 heavy (non-hydrogen) atoms. The van der Waals surface area contributed by atoms with Crippen LogP contribution in [0, 0.1) is 0 Å². The van der Waals surface area contributed by atoms with Gasteiger partial charge in [0, 0.05) is 32.2 Å². The quantitative estimate of drug-likeness (QED) is 0.711. The molecule has 1 aliphatic heterocycles. The number of urea groups is 1. The molecule has 2 fully saturated rings. The van der Waals surface area contributed by atoms with Crippen LogP contribution in [0.2, 0.25) is 15.1 Å². The highest BCUT2D eigenvalue weighted by molar-refractivity contribution is 6.44. The van der Waals surface area contributed by atoms with Gasteiger partial charge in [0.1, 0.15) is 0 Å². The van der Waals surface area contributed by atoms with Gasteiger partial charge in [0.2, 0.25) is 0 Å². The van der Waals surface area contributed by atoms with E-state index < -0.39 is 0 Å². The summed E-state index contributed by atoms with van der Waals surface area (Å²) in [6, 6.07) is 3.69. The molecular formula is C17H22Cl3N3O. The maximum Gasteiger partial charge on any atom is 0.321 e. The van der Waals surface area contributed by atoms with Crippen molar-refractivity contribution in [2.45, 2.75) is 38.1 Å². The Hall–Kier alpha value is -0.680. The fourth-order valence-corrected chi connectivity index (χ4v) is 4.14. The molecule has 7 heteroatoms. The number of nitrogens with one attached hydrogen (secondary N) is 1. The molecule has 4 nitrogen and oxygen atoms in total. The van der Waals surface area contributed by atoms with Crippen molar-refractivity contribution in [3.8, 4) is 0 Å². The van der Waals surface area contributed by atoms with Gasteiger partial charge < -0.3 is 10.2 Å². The summed E-state index contributed by atoms with van der Waals surface area (Å²) in [4.78, 5) is 16.8. The van der Waals surface area contributed by atoms with E-state index in [1.54, 1.807) is 12.1 Å². The third-order valence-electron chi connectivity index (χ3n) is 4.94. The fourth-order valence-electron chi connectivity index (χ4n) is 3.55. The Labute approximate surface area is 158 Å². The van der Waals surface area contributed by atoms with Crippen LogP contribution in [0.4, 0.5) is 10.5 Å². The summed E-state index contributed by atoms with van der Waals surface area (Å²) in [5.41, 5.74) is 0.491. The molecular weight excluding hydrogens is 369 g/mol. The summed E-state index contributed by atoms with van der Waals surface area (Å²) in [6.07, 6.45) is 6.63. The number of carbonyl (C=O) groups is 1. The number of hydrogen-bond acceptors (Lipinski definition) is 2. The summed E-state index contributed by atoms with van der Waals surface area (Å²) in [5.74, 6) is 0. The van der Waals surface area contributed by atoms with Gasteiger partial charge in [-0.1, -0.05) is 54.1 Å². The molecule has 1 aromatic rings. The molecule has 1 aliphatic carbocycles. The van der Waals surface area contributed by atoms with Gasteiger partial charge in [-0.25, -0.2) is 4.79 Å². The Morgan fingerprint density at radius 1 is 0.917 bits per heavy atom. The van der Waals surface area contributed by atoms with Crippen molar-refractivity contribution in [3.63, 3.8) is 0 Å². The second-order valence-corrected chi connectivity index (χ2v) is 7.71. The molecule has 132 valence electrons. The highest BCUT2D eigenvalue weighted by Crippen LogP contribution is 2.32. The molecule has 2 aliphatic rings. The SMILES string of the molecule is O=C(Nc1cc(Cl)c(Cl)cc1Cl)N1CCN(C2CCCCC2)CC1. The molecule has 0 unspecified atom stereocenters. The number of benzene rings is 1. The normalized spacial score (nSPS) is 20.2. The molecule has 3 rings (SSSR count). The van der Waals surface area contributed by atoms with Crippen molar-refractivity contribution in [1.29, 1.82) is 0 Å². The van der Waals surface area contributed by atoms with Crippen LogP contribution >= 0.6 is 34.8 Å². The summed E-state index contributed by atoms with van der Waals surface area (Å²) in [5, 5.41) is 3.97. The van der Waals surface area contributed by atoms with Crippen LogP contribution in [0.15, 0.2) is 12.1 Å². The lowest BCUT2D eigenvalue weighted by Crippen LogP contribution is -2.53. The first-order valence-electron chi connectivity index (χ1n) is 8.49. The van der Waals surface area contributed by atoms with E-state index >= 15 is 0 Å². The number of rotatable bonds is 2. The van der Waals surface area contributed by atoms with Crippen LogP contribution < -0.4 is 5.32 Å². The topological polar surface area (TPSA) is 35.6 Å². The van der Waals surface area contributed by atoms with Crippen LogP contribution in [0.25, 0.3) is 0 Å². The minimum atomic E-state index is -0.140. The smallest absolute Gasteiger partial charge is 0.321 e. The van der Waals surface area contributed by atoms with E-state index in [2.05, 4.69) is 10.2 Å². The molecule has 0 bridgehead atoms. The van der Waals surface area contributed by atoms with Gasteiger partial charge in [0.25, 0.3) is 0 Å². The van der Waals surface area contributed by atoms with E-state index in [1.165, 1.54) is 32.1 Å². The summed E-state index contributed by atoms with van der Waals surface area (Å²) in [6.45, 7) is 3.35. The average Bonchev–Trinajstić information content (AvgIpc) is 2.60. The van der Waals surface area contributed by atoms with Gasteiger partial charge in [-0.3, -0.25) is 4.90 Å². The van der Waals surface area contributed by atoms with E-state index in [1.807, 2.05) is 4.90 Å². The lowest BCUT2D eigenvalue weighted by molar-refractivity contribution is 0.0943. The molecule has 2 amide bonds. The summed E-state index contributed by atoms with van der Waals surface area (Å²) < 4.78 is 0. The summed E-state index contributed by atoms with van der Waals surface area (Å²) in [7, 11) is 0. The Balaban J connectivity index is 1.54. The van der Waals surface area contributed by atoms with Crippen molar-refractivity contribution >= 4 is 46.5 Å². The number of nitrogens with zero attached hydrogens (tertiary/aromatic N) is 2. The predicted molar refractivity (Wildman–Crippen MR) is 101 cm³/mol. The number of piperazine rings is 1. The van der Waals surface area contributed by atoms with Crippen LogP contribution in [0.1, 0.15) is 32.1 Å². The summed E-state index contributed by atoms with van der Waals surface area (Å²) >= 11 is 18.0. The van der Waals surface area contributed by atoms with Crippen molar-refractivity contribution in [2.75, 3.05) is 31.5 Å². The molecule has 0 aromatic heterocycles. The largest absolute Gasteiger partial charge is 0.322 e. The van der Waals surface area contributed by atoms with Gasteiger partial charge in [-0.15, -0.1) is 0 Å². The standard InChI is InChI=1S/C17H22Cl3N3O/c18-13-10-15(20)16(11-14(13)19)21-17(24)23-8-6-22(7-9-23)12-4-2-1-3-5-12/h10-12H,1-9H2,(H,21,24). The first-order chi connectivity index (χ1) is 11.5. The Morgan fingerprint density at radius 2 is 1.54 bits per heavy atom. The lowest BCUT2D eigenvalue weighted by atomic mass is 9.94. The number of halogens is 3. The number of amides is 2. The van der Waals surface area contributed by atoms with Gasteiger partial charge >= 0.3 is 6.03 Å². The highest BCUT2D eigenvalue weighted by atomic mass is 35.5. The number of anilines is 1. The van der Waals surface area contributed by atoms with E-state index in [-0.39, 0.29) is 6.03 Å². The highest BCUT2D eigenvalue weighted by Gasteiger charge is 2.27. The number of carbonyl (C=O) groups excluding carboxylic acids is 1. The zero-order valence-electron chi connectivity index (χ0n) is 13.5. The predicted octanol–water partition coefficient (Wildman–Crippen LogP) is 5.13. The zero-order valence-corrected chi connectivity index (χ0v) is 15.8. The van der Waals surface area contributed by atoms with Crippen LogP contribution in [-0.4, -0.2) is 48.1 Å². The zero-order chi connectivity index (χ0) is 17.1. The Bertz CT molecular complexity index is 597. The van der Waals surface area contributed by atoms with Gasteiger partial charge in [-0.05, 0) is 25.0 Å². The average molecular weight is 391 g/mol. The third kappa shape index (κ3) is 4.29. The van der Waals surface area contributed by atoms with Crippen LogP contribution in [0.5, 0.6) is 0 Å². The van der Waals surface area contributed by atoms with Crippen molar-refractivity contribution < 1.29 is 4.79 Å². The molecule has 1 heterocycles. The second-order valence-electron chi connectivity index (χ2n) is 6.49. The first kappa shape index (κ1) is 18.1. The molecule has 0 radical (unpaired) electrons. The molecule has 0 spiro atoms. The van der Waals surface area contributed by atoms with Gasteiger partial charge in [-0.2, -0.15) is 0 Å². The maximum absolute atomic E-state index is 12.5. The van der Waals surface area contributed by atoms with E-state index in [4.69, 9.17) is 34.8 Å². The van der Waals surface area contributed by atoms with E-state index in [0.717, 1.165) is 26.2 Å². The third-order valence-corrected chi connectivity index (χ3v) is 5.98. The van der Waals surface area contributed by atoms with E-state index in [0.29, 0.717) is 26.8 Å². The fraction of sp³-hybridized carbons (Fsp3) is 0.588. The van der Waals surface area contributed by atoms with Crippen LogP contribution in [-0.2, 0) is 0 Å². The van der Waals surface area contributed by atoms with Crippen molar-refractivity contribution in [1.82, 2.24) is 9.80 Å². The van der Waals surface area contributed by atoms with Gasteiger partial charge in [0.15, 0.2) is 0 Å². The van der Waals surface area contributed by atoms with Crippen molar-refractivity contribution in [2.24, 2.45) is 0 Å². The minimum Gasteiger partial charge on any atom is -0.322 e. The number of hydrogen-bond donors (Lipinski definition) is 1. The molecule has 1 aromatic carbocycles. The first-order valence-corrected chi connectivity index (χ1v) is 9.62. The van der Waals surface area contributed by atoms with Crippen molar-refractivity contribution in [3.05, 3.63) is 27.2 Å². The monoisotopic (exact) mass is 389 g/mol. The molecule has 1 N–H and O–H groups in total. The molecule has 1 saturated carbocycles. The van der Waals surface area contributed by atoms with Gasteiger partial charge in [0.05, 0.1) is 20.8 Å². The van der Waals surface area contributed by atoms with E-state index in [9.17, 15) is 4.79 Å². The Kier molecular flexibility index (Phi) is 6.14. The Morgan fingerprint density at radius 3 is 2.21 bits per heavy atom. The minimum absolute atomic E-state index is 0.140. The second kappa shape index (κ2) is 8.13. The maximum atomic E-state index is 12.5. The lowest BCUT2D eigenvalue weighted by Gasteiger charge is -2.40. The van der Waals surface area contributed by atoms with Crippen LogP contribution in [0.3, 0.4) is 0 Å². The molecule has 0 atom stereocenters. The molecule has 1 saturated heterocycles.